The molecule has 2 aliphatic heterocycles. The Hall–Kier alpha value is -1.96. The Bertz CT molecular complexity index is 934. The van der Waals surface area contributed by atoms with Gasteiger partial charge in [-0.15, -0.1) is 0 Å². The Balaban J connectivity index is 1.59. The molecule has 0 aromatic heterocycles. The first-order valence-corrected chi connectivity index (χ1v) is 11.3. The van der Waals surface area contributed by atoms with E-state index in [-0.39, 0.29) is 37.4 Å². The van der Waals surface area contributed by atoms with Crippen LogP contribution >= 0.6 is 0 Å². The molecule has 8 nitrogen and oxygen atoms in total. The van der Waals surface area contributed by atoms with Crippen LogP contribution in [0.4, 0.5) is 22.4 Å². The smallest absolute Gasteiger partial charge is 0.427 e. The molecule has 1 spiro atoms. The van der Waals surface area contributed by atoms with Gasteiger partial charge < -0.3 is 19.5 Å². The minimum Gasteiger partial charge on any atom is -0.434 e. The van der Waals surface area contributed by atoms with Gasteiger partial charge in [0.15, 0.2) is 0 Å². The number of aliphatic hydroxyl groups is 1. The maximum absolute atomic E-state index is 13.5. The highest BCUT2D eigenvalue weighted by molar-refractivity contribution is 7.89. The van der Waals surface area contributed by atoms with Crippen LogP contribution in [0.3, 0.4) is 0 Å². The number of nitrogens with zero attached hydrogens (tertiary/aromatic N) is 2. The van der Waals surface area contributed by atoms with Gasteiger partial charge in [-0.2, -0.15) is 17.5 Å². The normalized spacial score (nSPS) is 22.3. The third-order valence-corrected chi connectivity index (χ3v) is 7.79. The third-order valence-electron chi connectivity index (χ3n) is 5.88. The van der Waals surface area contributed by atoms with Crippen molar-refractivity contribution >= 4 is 16.1 Å². The lowest BCUT2D eigenvalue weighted by atomic mass is 9.87. The molecular formula is C19H24F4N2O6S. The number of amides is 1. The van der Waals surface area contributed by atoms with Crippen LogP contribution in [-0.4, -0.2) is 86.1 Å². The fraction of sp³-hybridized carbons (Fsp3) is 0.632. The fourth-order valence-corrected chi connectivity index (χ4v) is 5.27. The second kappa shape index (κ2) is 9.12. The summed E-state index contributed by atoms with van der Waals surface area (Å²) < 4.78 is 88.6. The molecule has 2 aliphatic rings. The van der Waals surface area contributed by atoms with Crippen molar-refractivity contribution in [3.8, 4) is 0 Å². The van der Waals surface area contributed by atoms with Crippen LogP contribution in [0.5, 0.6) is 0 Å². The molecule has 2 saturated heterocycles. The van der Waals surface area contributed by atoms with Crippen molar-refractivity contribution in [1.29, 1.82) is 0 Å². The number of carbonyl (C=O) groups is 1. The first-order valence-electron chi connectivity index (χ1n) is 9.89. The van der Waals surface area contributed by atoms with Gasteiger partial charge in [0.2, 0.25) is 16.1 Å². The third kappa shape index (κ3) is 5.16. The molecule has 1 amide bonds. The molecule has 0 saturated carbocycles. The molecule has 1 unspecified atom stereocenters. The van der Waals surface area contributed by atoms with Gasteiger partial charge in [-0.05, 0) is 37.5 Å². The number of hydrogen-bond acceptors (Lipinski definition) is 6. The lowest BCUT2D eigenvalue weighted by Gasteiger charge is -2.38. The van der Waals surface area contributed by atoms with Gasteiger partial charge in [-0.3, -0.25) is 0 Å². The number of likely N-dealkylation sites (tertiary alicyclic amines) is 1. The second-order valence-corrected chi connectivity index (χ2v) is 9.91. The zero-order valence-corrected chi connectivity index (χ0v) is 18.0. The molecule has 1 aromatic rings. The lowest BCUT2D eigenvalue weighted by molar-refractivity contribution is -0.215. The van der Waals surface area contributed by atoms with Crippen LogP contribution in [0.1, 0.15) is 19.3 Å². The molecule has 1 aromatic carbocycles. The Kier molecular flexibility index (Phi) is 7.03. The summed E-state index contributed by atoms with van der Waals surface area (Å²) in [5, 5.41) is 8.81. The summed E-state index contributed by atoms with van der Waals surface area (Å²) in [4.78, 5) is 13.0. The number of hydrogen-bond donors (Lipinski definition) is 1. The zero-order valence-electron chi connectivity index (χ0n) is 17.2. The van der Waals surface area contributed by atoms with Gasteiger partial charge in [0, 0.05) is 20.1 Å². The molecule has 1 N–H and O–H groups in total. The van der Waals surface area contributed by atoms with E-state index in [1.54, 1.807) is 0 Å². The number of piperidine rings is 1. The van der Waals surface area contributed by atoms with Crippen LogP contribution in [0.25, 0.3) is 0 Å². The Morgan fingerprint density at radius 2 is 2.03 bits per heavy atom. The molecule has 3 rings (SSSR count). The minimum absolute atomic E-state index is 0.0575. The van der Waals surface area contributed by atoms with Crippen LogP contribution in [-0.2, 0) is 19.5 Å². The molecule has 180 valence electrons. The number of alkyl halides is 3. The van der Waals surface area contributed by atoms with E-state index in [0.29, 0.717) is 6.42 Å². The summed E-state index contributed by atoms with van der Waals surface area (Å²) in [6, 6.07) is 4.15. The predicted octanol–water partition coefficient (Wildman–Crippen LogP) is 2.13. The Labute approximate surface area is 182 Å². The maximum atomic E-state index is 13.5. The number of carbonyl (C=O) groups excluding carboxylic acids is 1. The van der Waals surface area contributed by atoms with Crippen LogP contribution < -0.4 is 0 Å². The summed E-state index contributed by atoms with van der Waals surface area (Å²) >= 11 is 0. The van der Waals surface area contributed by atoms with Gasteiger partial charge in [-0.25, -0.2) is 17.6 Å². The van der Waals surface area contributed by atoms with E-state index in [0.717, 1.165) is 21.3 Å². The summed E-state index contributed by atoms with van der Waals surface area (Å²) in [5.74, 6) is -0.674. The highest BCUT2D eigenvalue weighted by Crippen LogP contribution is 2.39. The average molecular weight is 484 g/mol. The van der Waals surface area contributed by atoms with Crippen molar-refractivity contribution in [1.82, 2.24) is 9.21 Å². The molecule has 0 aliphatic carbocycles. The van der Waals surface area contributed by atoms with Gasteiger partial charge in [0.05, 0.1) is 29.8 Å². The molecule has 2 atom stereocenters. The monoisotopic (exact) mass is 484 g/mol. The van der Waals surface area contributed by atoms with Gasteiger partial charge in [-0.1, -0.05) is 6.07 Å². The Morgan fingerprint density at radius 1 is 1.38 bits per heavy atom. The van der Waals surface area contributed by atoms with Crippen LogP contribution in [0, 0.1) is 5.82 Å². The van der Waals surface area contributed by atoms with Crippen molar-refractivity contribution in [2.24, 2.45) is 0 Å². The van der Waals surface area contributed by atoms with E-state index in [9.17, 15) is 30.8 Å². The summed E-state index contributed by atoms with van der Waals surface area (Å²) in [6.07, 6.45) is -7.77. The number of benzene rings is 1. The molecule has 2 heterocycles. The van der Waals surface area contributed by atoms with Crippen LogP contribution in [0.2, 0.25) is 0 Å². The molecule has 0 bridgehead atoms. The highest BCUT2D eigenvalue weighted by Gasteiger charge is 2.48. The number of aliphatic hydroxyl groups excluding tert-OH is 1. The minimum atomic E-state index is -4.87. The molecule has 2 fully saturated rings. The average Bonchev–Trinajstić information content (AvgIpc) is 3.14. The van der Waals surface area contributed by atoms with E-state index >= 15 is 0 Å². The van der Waals surface area contributed by atoms with E-state index in [2.05, 4.69) is 4.74 Å². The van der Waals surface area contributed by atoms with Gasteiger partial charge in [0.1, 0.15) is 5.82 Å². The number of halogens is 4. The van der Waals surface area contributed by atoms with E-state index in [4.69, 9.17) is 9.84 Å². The lowest BCUT2D eigenvalue weighted by Crippen LogP contribution is -2.49. The number of ether oxygens (including phenoxy) is 2. The van der Waals surface area contributed by atoms with Gasteiger partial charge in [0.25, 0.3) is 0 Å². The fourth-order valence-electron chi connectivity index (χ4n) is 3.89. The molecule has 0 radical (unpaired) electrons. The topological polar surface area (TPSA) is 96.4 Å². The predicted molar refractivity (Wildman–Crippen MR) is 103 cm³/mol. The van der Waals surface area contributed by atoms with Crippen molar-refractivity contribution in [2.75, 3.05) is 33.4 Å². The van der Waals surface area contributed by atoms with Crippen LogP contribution in [0.15, 0.2) is 29.2 Å². The zero-order chi connectivity index (χ0) is 23.7. The van der Waals surface area contributed by atoms with Gasteiger partial charge >= 0.3 is 12.3 Å². The van der Waals surface area contributed by atoms with Crippen molar-refractivity contribution < 1.29 is 45.4 Å². The van der Waals surface area contributed by atoms with E-state index in [1.807, 2.05) is 0 Å². The molecular weight excluding hydrogens is 460 g/mol. The maximum Gasteiger partial charge on any atom is 0.427 e. The standard InChI is InChI=1S/C19H24F4N2O6S/c1-24(32(28,29)15-4-2-3-13(20)9-15)14-10-18(30-12-14)5-7-25(8-6-18)17(27)31-16(11-26)19(21,22)23/h2-4,9,14,16,26H,5-8,10-12H2,1H3/t14?,16-/m1/s1. The quantitative estimate of drug-likeness (QED) is 0.644. The van der Waals surface area contributed by atoms with Crippen molar-refractivity contribution in [3.63, 3.8) is 0 Å². The molecule has 13 heteroatoms. The summed E-state index contributed by atoms with van der Waals surface area (Å²) in [5.41, 5.74) is -0.729. The first-order chi connectivity index (χ1) is 14.9. The second-order valence-electron chi connectivity index (χ2n) is 7.91. The Morgan fingerprint density at radius 3 is 2.59 bits per heavy atom. The molecule has 32 heavy (non-hydrogen) atoms. The number of likely N-dealkylation sites (N-methyl/N-ethyl adjacent to an activating group) is 1. The summed E-state index contributed by atoms with van der Waals surface area (Å²) in [7, 11) is -2.58. The SMILES string of the molecule is CN(C1COC2(CCN(C(=O)O[C@H](CO)C(F)(F)F)CC2)C1)S(=O)(=O)c1cccc(F)c1. The van der Waals surface area contributed by atoms with E-state index < -0.39 is 52.5 Å². The largest absolute Gasteiger partial charge is 0.434 e. The first kappa shape index (κ1) is 24.7. The van der Waals surface area contributed by atoms with Crippen molar-refractivity contribution in [3.05, 3.63) is 30.1 Å². The highest BCUT2D eigenvalue weighted by atomic mass is 32.2. The summed E-state index contributed by atoms with van der Waals surface area (Å²) in [6.45, 7) is -1.16. The number of sulfonamides is 1. The number of rotatable bonds is 5. The van der Waals surface area contributed by atoms with Crippen molar-refractivity contribution in [2.45, 2.75) is 48.1 Å². The van der Waals surface area contributed by atoms with E-state index in [1.165, 1.54) is 19.2 Å².